The number of nitrogens with one attached hydrogen (secondary N) is 1. The Balaban J connectivity index is 2.39. The molecule has 0 unspecified atom stereocenters. The van der Waals surface area contributed by atoms with Crippen molar-refractivity contribution in [1.29, 1.82) is 0 Å². The molecule has 3 nitrogen and oxygen atoms in total. The summed E-state index contributed by atoms with van der Waals surface area (Å²) in [4.78, 5) is 18.3. The van der Waals surface area contributed by atoms with Crippen LogP contribution in [0.4, 0.5) is 0 Å². The number of H-pyrrole nitrogens is 1. The van der Waals surface area contributed by atoms with E-state index in [0.717, 1.165) is 35.2 Å². The van der Waals surface area contributed by atoms with Crippen LogP contribution in [0.15, 0.2) is 18.2 Å². The van der Waals surface area contributed by atoms with Gasteiger partial charge in [-0.2, -0.15) is 0 Å². The molecular formula is C19H28N2O. The van der Waals surface area contributed by atoms with Crippen LogP contribution in [0.1, 0.15) is 49.3 Å². The lowest BCUT2D eigenvalue weighted by Crippen LogP contribution is -2.37. The Hall–Kier alpha value is -1.77. The number of benzene rings is 1. The predicted octanol–water partition coefficient (Wildman–Crippen LogP) is 4.54. The molecule has 0 fully saturated rings. The molecule has 0 saturated heterocycles. The highest BCUT2D eigenvalue weighted by atomic mass is 16.2. The first-order valence-corrected chi connectivity index (χ1v) is 8.17. The largest absolute Gasteiger partial charge is 0.350 e. The molecule has 2 aromatic rings. The summed E-state index contributed by atoms with van der Waals surface area (Å²) >= 11 is 0. The van der Waals surface area contributed by atoms with Crippen molar-refractivity contribution in [2.24, 2.45) is 11.8 Å². The van der Waals surface area contributed by atoms with Crippen molar-refractivity contribution >= 4 is 16.8 Å². The number of aromatic nitrogens is 1. The molecule has 3 heteroatoms. The molecule has 0 atom stereocenters. The van der Waals surface area contributed by atoms with E-state index in [1.54, 1.807) is 0 Å². The van der Waals surface area contributed by atoms with Crippen molar-refractivity contribution in [3.63, 3.8) is 0 Å². The molecule has 0 saturated carbocycles. The number of fused-ring (bicyclic) bond motifs is 1. The molecule has 0 spiro atoms. The smallest absolute Gasteiger partial charge is 0.270 e. The van der Waals surface area contributed by atoms with Crippen LogP contribution in [0.25, 0.3) is 10.9 Å². The Morgan fingerprint density at radius 2 is 1.68 bits per heavy atom. The SMILES string of the molecule is Cc1ccc2[nH]c(C(=O)N(CC(C)C)CC(C)C)c(C)c2c1. The minimum absolute atomic E-state index is 0.119. The first-order chi connectivity index (χ1) is 10.3. The van der Waals surface area contributed by atoms with E-state index >= 15 is 0 Å². The van der Waals surface area contributed by atoms with Crippen LogP contribution in [0, 0.1) is 25.7 Å². The third-order valence-corrected chi connectivity index (χ3v) is 3.89. The van der Waals surface area contributed by atoms with Gasteiger partial charge in [-0.15, -0.1) is 0 Å². The van der Waals surface area contributed by atoms with Crippen LogP contribution in [0.3, 0.4) is 0 Å². The Kier molecular flexibility index (Phi) is 4.94. The van der Waals surface area contributed by atoms with Crippen LogP contribution >= 0.6 is 0 Å². The quantitative estimate of drug-likeness (QED) is 0.864. The number of hydrogen-bond donors (Lipinski definition) is 1. The van der Waals surface area contributed by atoms with E-state index in [-0.39, 0.29) is 5.91 Å². The van der Waals surface area contributed by atoms with Crippen molar-refractivity contribution < 1.29 is 4.79 Å². The topological polar surface area (TPSA) is 36.1 Å². The maximum absolute atomic E-state index is 13.0. The van der Waals surface area contributed by atoms with Crippen molar-refractivity contribution in [1.82, 2.24) is 9.88 Å². The molecule has 22 heavy (non-hydrogen) atoms. The number of nitrogens with zero attached hydrogens (tertiary/aromatic N) is 1. The maximum atomic E-state index is 13.0. The van der Waals surface area contributed by atoms with Gasteiger partial charge in [0.25, 0.3) is 5.91 Å². The van der Waals surface area contributed by atoms with Crippen LogP contribution in [0.5, 0.6) is 0 Å². The van der Waals surface area contributed by atoms with Crippen molar-refractivity contribution in [3.8, 4) is 0 Å². The Labute approximate surface area is 133 Å². The average Bonchev–Trinajstić information content (AvgIpc) is 2.73. The van der Waals surface area contributed by atoms with Crippen LogP contribution < -0.4 is 0 Å². The molecule has 1 amide bonds. The molecule has 0 radical (unpaired) electrons. The average molecular weight is 300 g/mol. The number of aryl methyl sites for hydroxylation is 2. The predicted molar refractivity (Wildman–Crippen MR) is 93.4 cm³/mol. The van der Waals surface area contributed by atoms with Crippen molar-refractivity contribution in [2.45, 2.75) is 41.5 Å². The van der Waals surface area contributed by atoms with Gasteiger partial charge in [-0.1, -0.05) is 39.3 Å². The number of hydrogen-bond acceptors (Lipinski definition) is 1. The third-order valence-electron chi connectivity index (χ3n) is 3.89. The molecule has 0 aliphatic rings. The number of amides is 1. The number of carbonyl (C=O) groups excluding carboxylic acids is 1. The highest BCUT2D eigenvalue weighted by Crippen LogP contribution is 2.24. The first-order valence-electron chi connectivity index (χ1n) is 8.17. The first kappa shape index (κ1) is 16.6. The van der Waals surface area contributed by atoms with E-state index in [2.05, 4.69) is 57.8 Å². The lowest BCUT2D eigenvalue weighted by Gasteiger charge is -2.26. The fraction of sp³-hybridized carbons (Fsp3) is 0.526. The summed E-state index contributed by atoms with van der Waals surface area (Å²) in [7, 11) is 0. The van der Waals surface area contributed by atoms with Crippen LogP contribution in [-0.2, 0) is 0 Å². The summed E-state index contributed by atoms with van der Waals surface area (Å²) in [5.41, 5.74) is 4.05. The van der Waals surface area contributed by atoms with E-state index in [0.29, 0.717) is 11.8 Å². The summed E-state index contributed by atoms with van der Waals surface area (Å²) < 4.78 is 0. The zero-order valence-corrected chi connectivity index (χ0v) is 14.7. The molecular weight excluding hydrogens is 272 g/mol. The summed E-state index contributed by atoms with van der Waals surface area (Å²) in [5, 5.41) is 1.15. The Bertz CT molecular complexity index is 657. The number of carbonyl (C=O) groups is 1. The second kappa shape index (κ2) is 6.55. The Morgan fingerprint density at radius 3 is 2.23 bits per heavy atom. The number of rotatable bonds is 5. The molecule has 0 aliphatic heterocycles. The molecule has 1 aromatic carbocycles. The summed E-state index contributed by atoms with van der Waals surface area (Å²) in [6, 6.07) is 6.28. The zero-order chi connectivity index (χ0) is 16.4. The van der Waals surface area contributed by atoms with E-state index in [1.165, 1.54) is 5.56 Å². The minimum Gasteiger partial charge on any atom is -0.350 e. The molecule has 120 valence electrons. The van der Waals surface area contributed by atoms with E-state index in [9.17, 15) is 4.79 Å². The fourth-order valence-electron chi connectivity index (χ4n) is 2.93. The lowest BCUT2D eigenvalue weighted by atomic mass is 10.1. The zero-order valence-electron chi connectivity index (χ0n) is 14.7. The van der Waals surface area contributed by atoms with Gasteiger partial charge in [0.15, 0.2) is 0 Å². The van der Waals surface area contributed by atoms with Gasteiger partial charge >= 0.3 is 0 Å². The van der Waals surface area contributed by atoms with Gasteiger partial charge in [0.1, 0.15) is 5.69 Å². The lowest BCUT2D eigenvalue weighted by molar-refractivity contribution is 0.0709. The fourth-order valence-corrected chi connectivity index (χ4v) is 2.93. The summed E-state index contributed by atoms with van der Waals surface area (Å²) in [5.74, 6) is 1.05. The molecule has 0 bridgehead atoms. The molecule has 1 N–H and O–H groups in total. The monoisotopic (exact) mass is 300 g/mol. The molecule has 1 heterocycles. The second-order valence-electron chi connectivity index (χ2n) is 7.17. The van der Waals surface area contributed by atoms with Gasteiger partial charge in [-0.25, -0.2) is 0 Å². The van der Waals surface area contributed by atoms with Gasteiger partial charge in [-0.05, 0) is 43.4 Å². The van der Waals surface area contributed by atoms with Gasteiger partial charge in [0, 0.05) is 24.0 Å². The van der Waals surface area contributed by atoms with Crippen molar-refractivity contribution in [3.05, 3.63) is 35.0 Å². The molecule has 1 aromatic heterocycles. The van der Waals surface area contributed by atoms with Crippen LogP contribution in [0.2, 0.25) is 0 Å². The highest BCUT2D eigenvalue weighted by Gasteiger charge is 2.22. The number of aromatic amines is 1. The van der Waals surface area contributed by atoms with Crippen molar-refractivity contribution in [2.75, 3.05) is 13.1 Å². The summed E-state index contributed by atoms with van der Waals surface area (Å²) in [6.45, 7) is 14.3. The van der Waals surface area contributed by atoms with E-state index in [1.807, 2.05) is 11.8 Å². The van der Waals surface area contributed by atoms with Gasteiger partial charge in [-0.3, -0.25) is 4.79 Å². The Morgan fingerprint density at radius 1 is 1.09 bits per heavy atom. The standard InChI is InChI=1S/C19H28N2O/c1-12(2)10-21(11-13(3)4)19(22)18-15(6)16-9-14(5)7-8-17(16)20-18/h7-9,12-13,20H,10-11H2,1-6H3. The van der Waals surface area contributed by atoms with Crippen LogP contribution in [-0.4, -0.2) is 28.9 Å². The molecule has 2 rings (SSSR count). The normalized spacial score (nSPS) is 11.6. The van der Waals surface area contributed by atoms with E-state index in [4.69, 9.17) is 0 Å². The second-order valence-corrected chi connectivity index (χ2v) is 7.17. The third kappa shape index (κ3) is 3.52. The van der Waals surface area contributed by atoms with Gasteiger partial charge in [0.2, 0.25) is 0 Å². The van der Waals surface area contributed by atoms with Gasteiger partial charge in [0.05, 0.1) is 0 Å². The minimum atomic E-state index is 0.119. The maximum Gasteiger partial charge on any atom is 0.270 e. The highest BCUT2D eigenvalue weighted by molar-refractivity contribution is 6.01. The summed E-state index contributed by atoms with van der Waals surface area (Å²) in [6.07, 6.45) is 0. The molecule has 0 aliphatic carbocycles. The van der Waals surface area contributed by atoms with Gasteiger partial charge < -0.3 is 9.88 Å². The van der Waals surface area contributed by atoms with E-state index < -0.39 is 0 Å².